The van der Waals surface area contributed by atoms with Crippen molar-refractivity contribution in [1.82, 2.24) is 10.6 Å². The third-order valence-corrected chi connectivity index (χ3v) is 4.22. The smallest absolute Gasteiger partial charge is 0.0459 e. The monoisotopic (exact) mass is 180 g/mol. The Balaban J connectivity index is 2.08. The van der Waals surface area contributed by atoms with E-state index >= 15 is 0 Å². The minimum atomic E-state index is 0.0109. The van der Waals surface area contributed by atoms with E-state index in [2.05, 4.69) is 41.0 Å². The Labute approximate surface area is 74.1 Å². The number of rotatable bonds is 1. The number of hydrogen-bond donors (Lipinski definition) is 2. The molecule has 0 spiro atoms. The molecule has 2 nitrogen and oxygen atoms in total. The molecule has 0 unspecified atom stereocenters. The molecule has 2 N–H and O–H groups in total. The largest absolute Gasteiger partial charge is 0.300 e. The first-order chi connectivity index (χ1) is 5.97. The number of benzene rings is 1. The Morgan fingerprint density at radius 3 is 2.33 bits per heavy atom. The molecule has 12 heavy (non-hydrogen) atoms. The molecule has 2 rings (SSSR count). The summed E-state index contributed by atoms with van der Waals surface area (Å²) in [4.78, 5) is 0. The van der Waals surface area contributed by atoms with Crippen LogP contribution in [0.15, 0.2) is 30.3 Å². The van der Waals surface area contributed by atoms with Gasteiger partial charge in [-0.05, 0) is 13.2 Å². The van der Waals surface area contributed by atoms with Crippen LogP contribution >= 0.6 is 7.92 Å². The first-order valence-corrected chi connectivity index (χ1v) is 5.89. The van der Waals surface area contributed by atoms with Crippen molar-refractivity contribution < 1.29 is 0 Å². The van der Waals surface area contributed by atoms with Crippen molar-refractivity contribution in [2.45, 2.75) is 0 Å². The van der Waals surface area contributed by atoms with Crippen LogP contribution in [0.3, 0.4) is 0 Å². The van der Waals surface area contributed by atoms with Crippen LogP contribution in [0.4, 0.5) is 0 Å². The van der Waals surface area contributed by atoms with E-state index in [-0.39, 0.29) is 7.92 Å². The van der Waals surface area contributed by atoms with Crippen LogP contribution < -0.4 is 15.9 Å². The molecular formula is C9H13N2P. The molecule has 3 heteroatoms. The van der Waals surface area contributed by atoms with Gasteiger partial charge in [-0.25, -0.2) is 0 Å². The van der Waals surface area contributed by atoms with Crippen LogP contribution in [-0.2, 0) is 0 Å². The minimum absolute atomic E-state index is 0.0109. The second-order valence-electron chi connectivity index (χ2n) is 2.87. The fourth-order valence-corrected chi connectivity index (χ4v) is 3.18. The summed E-state index contributed by atoms with van der Waals surface area (Å²) in [5, 5.41) is 8.19. The van der Waals surface area contributed by atoms with Gasteiger partial charge in [-0.2, -0.15) is 0 Å². The molecule has 1 saturated heterocycles. The van der Waals surface area contributed by atoms with Gasteiger partial charge < -0.3 is 10.6 Å². The molecule has 64 valence electrons. The van der Waals surface area contributed by atoms with Gasteiger partial charge >= 0.3 is 0 Å². The van der Waals surface area contributed by atoms with Crippen molar-refractivity contribution in [1.29, 1.82) is 0 Å². The maximum Gasteiger partial charge on any atom is 0.0459 e. The highest BCUT2D eigenvalue weighted by atomic mass is 31.1. The van der Waals surface area contributed by atoms with Gasteiger partial charge in [0.25, 0.3) is 0 Å². The quantitative estimate of drug-likeness (QED) is 0.626. The molecule has 0 saturated carbocycles. The molecular weight excluding hydrogens is 167 g/mol. The van der Waals surface area contributed by atoms with Gasteiger partial charge in [-0.15, -0.1) is 0 Å². The van der Waals surface area contributed by atoms with Crippen molar-refractivity contribution in [3.63, 3.8) is 0 Å². The standard InChI is InChI=1S/C9H13N2P/c1-2-4-9(5-3-1)12-7-10-6-11-8-12/h1-5,10-11H,6-8H2. The molecule has 0 aromatic heterocycles. The predicted molar refractivity (Wildman–Crippen MR) is 53.9 cm³/mol. The third kappa shape index (κ3) is 1.84. The van der Waals surface area contributed by atoms with Gasteiger partial charge in [0.2, 0.25) is 0 Å². The molecule has 0 aliphatic carbocycles. The lowest BCUT2D eigenvalue weighted by Gasteiger charge is -2.24. The van der Waals surface area contributed by atoms with E-state index in [0.29, 0.717) is 0 Å². The van der Waals surface area contributed by atoms with Gasteiger partial charge in [0, 0.05) is 19.2 Å². The fourth-order valence-electron chi connectivity index (χ4n) is 1.35. The molecule has 1 aliphatic heterocycles. The van der Waals surface area contributed by atoms with E-state index < -0.39 is 0 Å². The van der Waals surface area contributed by atoms with Crippen LogP contribution in [0, 0.1) is 0 Å². The molecule has 0 atom stereocenters. The van der Waals surface area contributed by atoms with Crippen LogP contribution in [0.25, 0.3) is 0 Å². The first-order valence-electron chi connectivity index (χ1n) is 4.18. The lowest BCUT2D eigenvalue weighted by Crippen LogP contribution is -2.37. The summed E-state index contributed by atoms with van der Waals surface area (Å²) >= 11 is 0. The molecule has 0 radical (unpaired) electrons. The fraction of sp³-hybridized carbons (Fsp3) is 0.333. The molecule has 1 heterocycles. The van der Waals surface area contributed by atoms with E-state index in [1.165, 1.54) is 5.30 Å². The van der Waals surface area contributed by atoms with E-state index in [9.17, 15) is 0 Å². The Bertz CT molecular complexity index is 232. The topological polar surface area (TPSA) is 24.1 Å². The first kappa shape index (κ1) is 8.18. The lowest BCUT2D eigenvalue weighted by molar-refractivity contribution is 0.654. The third-order valence-electron chi connectivity index (χ3n) is 1.98. The Kier molecular flexibility index (Phi) is 2.72. The average molecular weight is 180 g/mol. The van der Waals surface area contributed by atoms with E-state index in [1.807, 2.05) is 0 Å². The van der Waals surface area contributed by atoms with E-state index in [0.717, 1.165) is 19.2 Å². The van der Waals surface area contributed by atoms with Crippen molar-refractivity contribution in [3.8, 4) is 0 Å². The maximum absolute atomic E-state index is 3.35. The Morgan fingerprint density at radius 1 is 1.00 bits per heavy atom. The van der Waals surface area contributed by atoms with E-state index in [4.69, 9.17) is 0 Å². The highest BCUT2D eigenvalue weighted by Crippen LogP contribution is 2.32. The molecule has 1 fully saturated rings. The SMILES string of the molecule is c1ccc(P2CNCNC2)cc1. The summed E-state index contributed by atoms with van der Waals surface area (Å²) in [6.45, 7) is 0.964. The molecule has 1 aromatic rings. The van der Waals surface area contributed by atoms with Crippen molar-refractivity contribution in [3.05, 3.63) is 30.3 Å². The maximum atomic E-state index is 3.35. The summed E-state index contributed by atoms with van der Waals surface area (Å²) in [6.07, 6.45) is 2.32. The number of hydrogen-bond acceptors (Lipinski definition) is 2. The minimum Gasteiger partial charge on any atom is -0.300 e. The second-order valence-corrected chi connectivity index (χ2v) is 5.10. The highest BCUT2D eigenvalue weighted by molar-refractivity contribution is 7.65. The van der Waals surface area contributed by atoms with Gasteiger partial charge in [0.15, 0.2) is 0 Å². The summed E-state index contributed by atoms with van der Waals surface area (Å²) in [6, 6.07) is 10.8. The van der Waals surface area contributed by atoms with Gasteiger partial charge in [-0.3, -0.25) is 0 Å². The van der Waals surface area contributed by atoms with Crippen LogP contribution in [0.5, 0.6) is 0 Å². The van der Waals surface area contributed by atoms with Crippen LogP contribution in [-0.4, -0.2) is 19.2 Å². The van der Waals surface area contributed by atoms with Crippen LogP contribution in [0.2, 0.25) is 0 Å². The van der Waals surface area contributed by atoms with Gasteiger partial charge in [-0.1, -0.05) is 30.3 Å². The van der Waals surface area contributed by atoms with Gasteiger partial charge in [0.05, 0.1) is 0 Å². The van der Waals surface area contributed by atoms with E-state index in [1.54, 1.807) is 0 Å². The summed E-state index contributed by atoms with van der Waals surface area (Å²) in [5.74, 6) is 0. The van der Waals surface area contributed by atoms with Crippen molar-refractivity contribution in [2.75, 3.05) is 19.2 Å². The Hall–Kier alpha value is -0.430. The van der Waals surface area contributed by atoms with Crippen LogP contribution in [0.1, 0.15) is 0 Å². The zero-order valence-corrected chi connectivity index (χ0v) is 7.85. The lowest BCUT2D eigenvalue weighted by atomic mass is 10.4. The Morgan fingerprint density at radius 2 is 1.67 bits per heavy atom. The van der Waals surface area contributed by atoms with Crippen molar-refractivity contribution >= 4 is 13.2 Å². The zero-order valence-electron chi connectivity index (χ0n) is 6.96. The highest BCUT2D eigenvalue weighted by Gasteiger charge is 2.12. The zero-order chi connectivity index (χ0) is 8.23. The van der Waals surface area contributed by atoms with Gasteiger partial charge in [0.1, 0.15) is 0 Å². The molecule has 0 amide bonds. The molecule has 0 bridgehead atoms. The summed E-state index contributed by atoms with van der Waals surface area (Å²) < 4.78 is 0. The normalized spacial score (nSPS) is 19.3. The molecule has 1 aromatic carbocycles. The van der Waals surface area contributed by atoms with Crippen molar-refractivity contribution in [2.24, 2.45) is 0 Å². The number of nitrogens with one attached hydrogen (secondary N) is 2. The second kappa shape index (κ2) is 3.99. The predicted octanol–water partition coefficient (Wildman–Crippen LogP) is 0.859. The summed E-state index contributed by atoms with van der Waals surface area (Å²) in [5.41, 5.74) is 0. The summed E-state index contributed by atoms with van der Waals surface area (Å²) in [7, 11) is 0.0109. The average Bonchev–Trinajstić information content (AvgIpc) is 2.21. The molecule has 1 aliphatic rings.